The predicted octanol–water partition coefficient (Wildman–Crippen LogP) is 2.14. The summed E-state index contributed by atoms with van der Waals surface area (Å²) in [5, 5.41) is 4.76. The normalized spacial score (nSPS) is 10.5. The van der Waals surface area contributed by atoms with Crippen molar-refractivity contribution in [2.24, 2.45) is 0 Å². The van der Waals surface area contributed by atoms with Gasteiger partial charge >= 0.3 is 0 Å². The molecule has 2 nitrogen and oxygen atoms in total. The zero-order valence-electron chi connectivity index (χ0n) is 5.66. The molecule has 50 valence electrons. The minimum atomic E-state index is 0.891. The molecule has 1 aromatic carbocycles. The van der Waals surface area contributed by atoms with Crippen LogP contribution < -0.4 is 0 Å². The number of hydrogen-bond acceptors (Lipinski definition) is 2. The summed E-state index contributed by atoms with van der Waals surface area (Å²) in [6.45, 7) is 2.01. The molecule has 10 heavy (non-hydrogen) atoms. The molecule has 0 aliphatic heterocycles. The van der Waals surface area contributed by atoms with Crippen molar-refractivity contribution in [2.45, 2.75) is 6.92 Å². The van der Waals surface area contributed by atoms with Crippen LogP contribution in [-0.2, 0) is 0 Å². The van der Waals surface area contributed by atoms with Crippen LogP contribution in [0.25, 0.3) is 11.0 Å². The van der Waals surface area contributed by atoms with Crippen molar-refractivity contribution < 1.29 is 4.52 Å². The van der Waals surface area contributed by atoms with Gasteiger partial charge in [-0.1, -0.05) is 17.3 Å². The van der Waals surface area contributed by atoms with Gasteiger partial charge in [0.1, 0.15) is 0 Å². The smallest absolute Gasteiger partial charge is 0.169 e. The fraction of sp³-hybridized carbons (Fsp3) is 0.125. The third-order valence-corrected chi connectivity index (χ3v) is 1.58. The number of rotatable bonds is 0. The fourth-order valence-corrected chi connectivity index (χ4v) is 1.04. The van der Waals surface area contributed by atoms with Crippen LogP contribution >= 0.6 is 0 Å². The molecule has 0 amide bonds. The van der Waals surface area contributed by atoms with E-state index in [0.717, 1.165) is 16.5 Å². The van der Waals surface area contributed by atoms with Crippen molar-refractivity contribution in [3.05, 3.63) is 30.0 Å². The number of aromatic nitrogens is 1. The Kier molecular flexibility index (Phi) is 1.01. The van der Waals surface area contributed by atoms with E-state index in [2.05, 4.69) is 5.16 Å². The van der Waals surface area contributed by atoms with Gasteiger partial charge in [0.15, 0.2) is 5.58 Å². The summed E-state index contributed by atoms with van der Waals surface area (Å²) in [5.74, 6) is 0. The summed E-state index contributed by atoms with van der Waals surface area (Å²) in [6, 6.07) is 5.99. The van der Waals surface area contributed by atoms with E-state index >= 15 is 0 Å². The van der Waals surface area contributed by atoms with Gasteiger partial charge < -0.3 is 4.52 Å². The van der Waals surface area contributed by atoms with E-state index in [4.69, 9.17) is 4.52 Å². The molecule has 0 aliphatic carbocycles. The Labute approximate surface area is 58.4 Å². The van der Waals surface area contributed by atoms with Gasteiger partial charge in [0.2, 0.25) is 0 Å². The SMILES string of the molecule is Cc1cccc2cnoc12. The van der Waals surface area contributed by atoms with Crippen LogP contribution in [0.5, 0.6) is 0 Å². The average molecular weight is 133 g/mol. The lowest BCUT2D eigenvalue weighted by molar-refractivity contribution is 0.455. The third kappa shape index (κ3) is 0.620. The molecule has 2 aromatic rings. The zero-order valence-corrected chi connectivity index (χ0v) is 5.66. The van der Waals surface area contributed by atoms with Crippen LogP contribution in [0.2, 0.25) is 0 Å². The molecule has 0 bridgehead atoms. The summed E-state index contributed by atoms with van der Waals surface area (Å²) in [7, 11) is 0. The van der Waals surface area contributed by atoms with Crippen LogP contribution in [0.3, 0.4) is 0 Å². The van der Waals surface area contributed by atoms with Gasteiger partial charge in [-0.05, 0) is 18.6 Å². The Balaban J connectivity index is 2.95. The van der Waals surface area contributed by atoms with Gasteiger partial charge in [0.25, 0.3) is 0 Å². The van der Waals surface area contributed by atoms with E-state index in [9.17, 15) is 0 Å². The molecule has 0 radical (unpaired) electrons. The molecule has 1 heterocycles. The lowest BCUT2D eigenvalue weighted by atomic mass is 10.2. The van der Waals surface area contributed by atoms with E-state index in [-0.39, 0.29) is 0 Å². The highest BCUT2D eigenvalue weighted by atomic mass is 16.5. The summed E-state index contributed by atoms with van der Waals surface area (Å²) >= 11 is 0. The average Bonchev–Trinajstić information content (AvgIpc) is 2.36. The van der Waals surface area contributed by atoms with Gasteiger partial charge in [-0.3, -0.25) is 0 Å². The summed E-state index contributed by atoms with van der Waals surface area (Å²) in [6.07, 6.45) is 1.72. The second-order valence-electron chi connectivity index (χ2n) is 2.32. The molecule has 1 aromatic heterocycles. The molecule has 0 spiro atoms. The van der Waals surface area contributed by atoms with Gasteiger partial charge in [-0.15, -0.1) is 0 Å². The van der Waals surface area contributed by atoms with Gasteiger partial charge in [0.05, 0.1) is 6.20 Å². The summed E-state index contributed by atoms with van der Waals surface area (Å²) in [5.41, 5.74) is 2.03. The second kappa shape index (κ2) is 1.84. The largest absolute Gasteiger partial charge is 0.356 e. The first-order valence-electron chi connectivity index (χ1n) is 3.18. The molecule has 0 aliphatic rings. The van der Waals surface area contributed by atoms with Gasteiger partial charge in [-0.25, -0.2) is 0 Å². The van der Waals surface area contributed by atoms with Crippen molar-refractivity contribution in [3.8, 4) is 0 Å². The van der Waals surface area contributed by atoms with Crippen molar-refractivity contribution in [3.63, 3.8) is 0 Å². The Bertz CT molecular complexity index is 351. The molecule has 2 heteroatoms. The number of fused-ring (bicyclic) bond motifs is 1. The van der Waals surface area contributed by atoms with Gasteiger partial charge in [-0.2, -0.15) is 0 Å². The Morgan fingerprint density at radius 1 is 1.40 bits per heavy atom. The van der Waals surface area contributed by atoms with Crippen LogP contribution in [0.15, 0.2) is 28.9 Å². The fourth-order valence-electron chi connectivity index (χ4n) is 1.04. The minimum absolute atomic E-state index is 0.891. The van der Waals surface area contributed by atoms with E-state index in [1.54, 1.807) is 6.20 Å². The Morgan fingerprint density at radius 2 is 2.30 bits per heavy atom. The number of hydrogen-bond donors (Lipinski definition) is 0. The molecule has 0 N–H and O–H groups in total. The maximum atomic E-state index is 5.00. The minimum Gasteiger partial charge on any atom is -0.356 e. The highest BCUT2D eigenvalue weighted by Gasteiger charge is 1.98. The quantitative estimate of drug-likeness (QED) is 0.550. The van der Waals surface area contributed by atoms with E-state index < -0.39 is 0 Å². The van der Waals surface area contributed by atoms with Crippen LogP contribution in [0, 0.1) is 6.92 Å². The van der Waals surface area contributed by atoms with Crippen LogP contribution in [-0.4, -0.2) is 5.16 Å². The standard InChI is InChI=1S/C8H7NO/c1-6-3-2-4-7-5-9-10-8(6)7/h2-5H,1H3. The van der Waals surface area contributed by atoms with E-state index in [0.29, 0.717) is 0 Å². The first-order valence-corrected chi connectivity index (χ1v) is 3.18. The molecule has 0 saturated carbocycles. The number of nitrogens with zero attached hydrogens (tertiary/aromatic N) is 1. The molecule has 2 rings (SSSR count). The highest BCUT2D eigenvalue weighted by molar-refractivity contribution is 5.78. The topological polar surface area (TPSA) is 26.0 Å². The first kappa shape index (κ1) is 5.47. The maximum Gasteiger partial charge on any atom is 0.169 e. The van der Waals surface area contributed by atoms with E-state index in [1.807, 2.05) is 25.1 Å². The van der Waals surface area contributed by atoms with Crippen LogP contribution in [0.1, 0.15) is 5.56 Å². The molecular formula is C8H7NO. The monoisotopic (exact) mass is 133 g/mol. The second-order valence-corrected chi connectivity index (χ2v) is 2.32. The van der Waals surface area contributed by atoms with Crippen LogP contribution in [0.4, 0.5) is 0 Å². The first-order chi connectivity index (χ1) is 4.88. The number of aryl methyl sites for hydroxylation is 1. The number of benzene rings is 1. The van der Waals surface area contributed by atoms with Crippen molar-refractivity contribution in [2.75, 3.05) is 0 Å². The molecule has 0 atom stereocenters. The Hall–Kier alpha value is -1.31. The lowest BCUT2D eigenvalue weighted by Gasteiger charge is -1.88. The van der Waals surface area contributed by atoms with Crippen molar-refractivity contribution in [1.29, 1.82) is 0 Å². The maximum absolute atomic E-state index is 5.00. The van der Waals surface area contributed by atoms with Crippen molar-refractivity contribution >= 4 is 11.0 Å². The zero-order chi connectivity index (χ0) is 6.97. The third-order valence-electron chi connectivity index (χ3n) is 1.58. The highest BCUT2D eigenvalue weighted by Crippen LogP contribution is 2.16. The molecule has 0 unspecified atom stereocenters. The molecule has 0 saturated heterocycles. The van der Waals surface area contributed by atoms with E-state index in [1.165, 1.54) is 0 Å². The lowest BCUT2D eigenvalue weighted by Crippen LogP contribution is -1.69. The summed E-state index contributed by atoms with van der Waals surface area (Å²) < 4.78 is 5.00. The Morgan fingerprint density at radius 3 is 3.10 bits per heavy atom. The summed E-state index contributed by atoms with van der Waals surface area (Å²) in [4.78, 5) is 0. The molecule has 0 fully saturated rings. The number of para-hydroxylation sites is 1. The van der Waals surface area contributed by atoms with Crippen molar-refractivity contribution in [1.82, 2.24) is 5.16 Å². The molecular weight excluding hydrogens is 126 g/mol. The predicted molar refractivity (Wildman–Crippen MR) is 38.7 cm³/mol. The van der Waals surface area contributed by atoms with Gasteiger partial charge in [0, 0.05) is 5.39 Å².